The van der Waals surface area contributed by atoms with E-state index in [0.717, 1.165) is 12.8 Å². The van der Waals surface area contributed by atoms with Gasteiger partial charge in [0.05, 0.1) is 25.9 Å². The maximum Gasteiger partial charge on any atom is 0.0801 e. The average molecular weight is 174 g/mol. The van der Waals surface area contributed by atoms with E-state index >= 15 is 0 Å². The number of hydrogen-bond acceptors (Lipinski definition) is 3. The van der Waals surface area contributed by atoms with Crippen molar-refractivity contribution < 1.29 is 14.6 Å². The molecule has 0 heterocycles. The highest BCUT2D eigenvalue weighted by atomic mass is 16.5. The average Bonchev–Trinajstić information content (AvgIpc) is 1.95. The lowest BCUT2D eigenvalue weighted by Gasteiger charge is -2.29. The number of aliphatic hydroxyl groups is 1. The number of hydrogen-bond donors (Lipinski definition) is 1. The maximum absolute atomic E-state index is 9.50. The molecular weight excluding hydrogens is 156 g/mol. The van der Waals surface area contributed by atoms with Crippen LogP contribution in [-0.2, 0) is 9.47 Å². The van der Waals surface area contributed by atoms with Crippen LogP contribution in [0.25, 0.3) is 0 Å². The number of rotatable bonds is 6. The SMILES string of the molecule is COCCOCC(O)C1CCC1. The van der Waals surface area contributed by atoms with E-state index in [0.29, 0.717) is 25.7 Å². The molecule has 0 spiro atoms. The van der Waals surface area contributed by atoms with Crippen molar-refractivity contribution in [1.82, 2.24) is 0 Å². The van der Waals surface area contributed by atoms with Gasteiger partial charge in [0.25, 0.3) is 0 Å². The number of aliphatic hydroxyl groups excluding tert-OH is 1. The minimum absolute atomic E-state index is 0.254. The first-order valence-corrected chi connectivity index (χ1v) is 4.59. The van der Waals surface area contributed by atoms with E-state index in [1.165, 1.54) is 6.42 Å². The molecule has 0 aromatic heterocycles. The van der Waals surface area contributed by atoms with Crippen molar-refractivity contribution in [3.8, 4) is 0 Å². The first-order valence-electron chi connectivity index (χ1n) is 4.59. The molecule has 1 atom stereocenters. The smallest absolute Gasteiger partial charge is 0.0801 e. The third kappa shape index (κ3) is 3.09. The Hall–Kier alpha value is -0.120. The van der Waals surface area contributed by atoms with E-state index in [2.05, 4.69) is 0 Å². The third-order valence-corrected chi connectivity index (χ3v) is 2.41. The molecule has 3 nitrogen and oxygen atoms in total. The summed E-state index contributed by atoms with van der Waals surface area (Å²) in [5.74, 6) is 0.493. The zero-order valence-electron chi connectivity index (χ0n) is 7.66. The van der Waals surface area contributed by atoms with Crippen molar-refractivity contribution in [2.75, 3.05) is 26.9 Å². The first-order chi connectivity index (χ1) is 5.84. The van der Waals surface area contributed by atoms with Crippen LogP contribution >= 0.6 is 0 Å². The molecule has 3 heteroatoms. The van der Waals surface area contributed by atoms with Crippen molar-refractivity contribution in [3.63, 3.8) is 0 Å². The van der Waals surface area contributed by atoms with Crippen molar-refractivity contribution in [1.29, 1.82) is 0 Å². The summed E-state index contributed by atoms with van der Waals surface area (Å²) in [4.78, 5) is 0. The van der Waals surface area contributed by atoms with Crippen LogP contribution in [-0.4, -0.2) is 38.1 Å². The number of methoxy groups -OCH3 is 1. The van der Waals surface area contributed by atoms with Crippen LogP contribution in [0.15, 0.2) is 0 Å². The Morgan fingerprint density at radius 3 is 2.67 bits per heavy atom. The van der Waals surface area contributed by atoms with Crippen LogP contribution in [0.5, 0.6) is 0 Å². The summed E-state index contributed by atoms with van der Waals surface area (Å²) in [7, 11) is 1.64. The Morgan fingerprint density at radius 2 is 2.17 bits per heavy atom. The standard InChI is InChI=1S/C9H18O3/c1-11-5-6-12-7-9(10)8-3-2-4-8/h8-10H,2-7H2,1H3. The molecule has 1 saturated carbocycles. The van der Waals surface area contributed by atoms with Gasteiger partial charge < -0.3 is 14.6 Å². The molecule has 1 fully saturated rings. The molecule has 12 heavy (non-hydrogen) atoms. The van der Waals surface area contributed by atoms with Gasteiger partial charge in [0.15, 0.2) is 0 Å². The largest absolute Gasteiger partial charge is 0.390 e. The van der Waals surface area contributed by atoms with Crippen LogP contribution in [0.3, 0.4) is 0 Å². The van der Waals surface area contributed by atoms with E-state index in [1.54, 1.807) is 7.11 Å². The molecule has 1 aliphatic carbocycles. The molecule has 1 unspecified atom stereocenters. The van der Waals surface area contributed by atoms with Gasteiger partial charge in [0.1, 0.15) is 0 Å². The van der Waals surface area contributed by atoms with E-state index in [1.807, 2.05) is 0 Å². The second-order valence-electron chi connectivity index (χ2n) is 3.33. The summed E-state index contributed by atoms with van der Waals surface area (Å²) in [6.45, 7) is 1.66. The lowest BCUT2D eigenvalue weighted by Crippen LogP contribution is -2.31. The highest BCUT2D eigenvalue weighted by Crippen LogP contribution is 2.29. The van der Waals surface area contributed by atoms with Gasteiger partial charge in [-0.05, 0) is 18.8 Å². The van der Waals surface area contributed by atoms with Gasteiger partial charge in [0, 0.05) is 7.11 Å². The zero-order chi connectivity index (χ0) is 8.81. The Bertz CT molecular complexity index is 112. The van der Waals surface area contributed by atoms with Crippen LogP contribution in [0, 0.1) is 5.92 Å². The Kier molecular flexibility index (Phi) is 4.58. The fourth-order valence-electron chi connectivity index (χ4n) is 1.31. The summed E-state index contributed by atoms with van der Waals surface area (Å²) >= 11 is 0. The normalized spacial score (nSPS) is 20.5. The summed E-state index contributed by atoms with van der Waals surface area (Å²) in [5, 5.41) is 9.50. The van der Waals surface area contributed by atoms with E-state index in [9.17, 15) is 5.11 Å². The molecule has 0 radical (unpaired) electrons. The van der Waals surface area contributed by atoms with Gasteiger partial charge in [0.2, 0.25) is 0 Å². The Morgan fingerprint density at radius 1 is 1.42 bits per heavy atom. The van der Waals surface area contributed by atoms with Gasteiger partial charge in [-0.2, -0.15) is 0 Å². The second kappa shape index (κ2) is 5.51. The topological polar surface area (TPSA) is 38.7 Å². The molecule has 0 bridgehead atoms. The van der Waals surface area contributed by atoms with Gasteiger partial charge in [-0.3, -0.25) is 0 Å². The summed E-state index contributed by atoms with van der Waals surface area (Å²) in [6, 6.07) is 0. The predicted octanol–water partition coefficient (Wildman–Crippen LogP) is 0.810. The van der Waals surface area contributed by atoms with Crippen molar-refractivity contribution in [2.45, 2.75) is 25.4 Å². The van der Waals surface area contributed by atoms with Gasteiger partial charge in [-0.15, -0.1) is 0 Å². The fraction of sp³-hybridized carbons (Fsp3) is 1.00. The lowest BCUT2D eigenvalue weighted by atomic mass is 9.81. The third-order valence-electron chi connectivity index (χ3n) is 2.41. The van der Waals surface area contributed by atoms with Crippen molar-refractivity contribution in [3.05, 3.63) is 0 Å². The molecule has 1 aliphatic rings. The molecule has 0 amide bonds. The highest BCUT2D eigenvalue weighted by molar-refractivity contribution is 4.76. The zero-order valence-corrected chi connectivity index (χ0v) is 7.66. The molecule has 1 N–H and O–H groups in total. The molecule has 0 aromatic rings. The molecule has 1 rings (SSSR count). The Balaban J connectivity index is 1.91. The minimum Gasteiger partial charge on any atom is -0.390 e. The van der Waals surface area contributed by atoms with Gasteiger partial charge >= 0.3 is 0 Å². The first kappa shape index (κ1) is 9.96. The molecule has 72 valence electrons. The van der Waals surface area contributed by atoms with Crippen LogP contribution in [0.4, 0.5) is 0 Å². The summed E-state index contributed by atoms with van der Waals surface area (Å²) in [5.41, 5.74) is 0. The Labute approximate surface area is 73.7 Å². The quantitative estimate of drug-likeness (QED) is 0.606. The number of ether oxygens (including phenoxy) is 2. The van der Waals surface area contributed by atoms with Crippen molar-refractivity contribution in [2.24, 2.45) is 5.92 Å². The van der Waals surface area contributed by atoms with E-state index < -0.39 is 0 Å². The second-order valence-corrected chi connectivity index (χ2v) is 3.33. The van der Waals surface area contributed by atoms with E-state index in [-0.39, 0.29) is 6.10 Å². The van der Waals surface area contributed by atoms with Crippen molar-refractivity contribution >= 4 is 0 Å². The van der Waals surface area contributed by atoms with Crippen LogP contribution in [0.2, 0.25) is 0 Å². The molecule has 0 saturated heterocycles. The monoisotopic (exact) mass is 174 g/mol. The molecule has 0 aromatic carbocycles. The minimum atomic E-state index is -0.254. The highest BCUT2D eigenvalue weighted by Gasteiger charge is 2.25. The summed E-state index contributed by atoms with van der Waals surface area (Å²) in [6.07, 6.45) is 3.33. The fourth-order valence-corrected chi connectivity index (χ4v) is 1.31. The van der Waals surface area contributed by atoms with E-state index in [4.69, 9.17) is 9.47 Å². The van der Waals surface area contributed by atoms with Gasteiger partial charge in [-0.25, -0.2) is 0 Å². The lowest BCUT2D eigenvalue weighted by molar-refractivity contribution is -0.0280. The summed E-state index contributed by atoms with van der Waals surface area (Å²) < 4.78 is 10.0. The predicted molar refractivity (Wildman–Crippen MR) is 46.0 cm³/mol. The van der Waals surface area contributed by atoms with Gasteiger partial charge in [-0.1, -0.05) is 6.42 Å². The van der Waals surface area contributed by atoms with Crippen LogP contribution < -0.4 is 0 Å². The maximum atomic E-state index is 9.50. The van der Waals surface area contributed by atoms with Crippen LogP contribution in [0.1, 0.15) is 19.3 Å². The molecular formula is C9H18O3. The molecule has 0 aliphatic heterocycles.